The van der Waals surface area contributed by atoms with Gasteiger partial charge in [0.15, 0.2) is 0 Å². The largest absolute Gasteiger partial charge is 0.338 e. The van der Waals surface area contributed by atoms with Crippen LogP contribution in [0.2, 0.25) is 0 Å². The summed E-state index contributed by atoms with van der Waals surface area (Å²) in [6.07, 6.45) is 3.98. The summed E-state index contributed by atoms with van der Waals surface area (Å²) in [5.74, 6) is 0.260. The molecule has 0 bridgehead atoms. The van der Waals surface area contributed by atoms with Gasteiger partial charge in [0.1, 0.15) is 0 Å². The van der Waals surface area contributed by atoms with Crippen LogP contribution in [0.5, 0.6) is 0 Å². The molecule has 0 spiro atoms. The number of likely N-dealkylation sites (N-methyl/N-ethyl adjacent to an activating group) is 1. The van der Waals surface area contributed by atoms with E-state index < -0.39 is 0 Å². The SMILES string of the molecule is CC(C1CCCCN1C(=O)Cc1ccc(Br)cc1)N(C)C. The number of benzene rings is 1. The van der Waals surface area contributed by atoms with E-state index in [9.17, 15) is 4.79 Å². The number of nitrogens with zero attached hydrogens (tertiary/aromatic N) is 2. The second-order valence-corrected chi connectivity index (χ2v) is 7.07. The minimum atomic E-state index is 0.260. The Hall–Kier alpha value is -0.870. The molecule has 2 atom stereocenters. The predicted molar refractivity (Wildman–Crippen MR) is 90.3 cm³/mol. The van der Waals surface area contributed by atoms with Crippen LogP contribution in [0, 0.1) is 0 Å². The van der Waals surface area contributed by atoms with Crippen LogP contribution in [0.15, 0.2) is 28.7 Å². The van der Waals surface area contributed by atoms with Crippen LogP contribution in [0.25, 0.3) is 0 Å². The van der Waals surface area contributed by atoms with Crippen molar-refractivity contribution in [3.05, 3.63) is 34.3 Å². The number of hydrogen-bond acceptors (Lipinski definition) is 2. The first kappa shape index (κ1) is 16.5. The second kappa shape index (κ2) is 7.41. The highest BCUT2D eigenvalue weighted by atomic mass is 79.9. The van der Waals surface area contributed by atoms with E-state index in [1.54, 1.807) is 0 Å². The van der Waals surface area contributed by atoms with Crippen molar-refractivity contribution in [1.29, 1.82) is 0 Å². The van der Waals surface area contributed by atoms with Gasteiger partial charge in [-0.15, -0.1) is 0 Å². The van der Waals surface area contributed by atoms with Crippen LogP contribution in [0.3, 0.4) is 0 Å². The van der Waals surface area contributed by atoms with Gasteiger partial charge in [-0.25, -0.2) is 0 Å². The lowest BCUT2D eigenvalue weighted by molar-refractivity contribution is -0.135. The van der Waals surface area contributed by atoms with Crippen molar-refractivity contribution in [2.45, 2.75) is 44.7 Å². The predicted octanol–water partition coefficient (Wildman–Crippen LogP) is 3.32. The number of likely N-dealkylation sites (tertiary alicyclic amines) is 1. The van der Waals surface area contributed by atoms with Crippen LogP contribution in [-0.2, 0) is 11.2 Å². The fourth-order valence-corrected chi connectivity index (χ4v) is 3.26. The molecule has 0 saturated carbocycles. The summed E-state index contributed by atoms with van der Waals surface area (Å²) in [5.41, 5.74) is 1.09. The monoisotopic (exact) mass is 352 g/mol. The molecule has 1 amide bonds. The third kappa shape index (κ3) is 4.30. The Balaban J connectivity index is 2.06. The van der Waals surface area contributed by atoms with E-state index in [0.717, 1.165) is 29.4 Å². The fourth-order valence-electron chi connectivity index (χ4n) is 2.99. The second-order valence-electron chi connectivity index (χ2n) is 6.16. The van der Waals surface area contributed by atoms with Gasteiger partial charge in [-0.3, -0.25) is 4.79 Å². The highest BCUT2D eigenvalue weighted by Gasteiger charge is 2.31. The molecule has 1 aliphatic heterocycles. The van der Waals surface area contributed by atoms with Gasteiger partial charge in [0, 0.05) is 23.1 Å². The molecule has 0 aromatic heterocycles. The summed E-state index contributed by atoms with van der Waals surface area (Å²) in [6.45, 7) is 3.12. The Kier molecular flexibility index (Phi) is 5.82. The van der Waals surface area contributed by atoms with Gasteiger partial charge in [-0.05, 0) is 58.0 Å². The van der Waals surface area contributed by atoms with Gasteiger partial charge in [0.2, 0.25) is 5.91 Å². The van der Waals surface area contributed by atoms with Crippen molar-refractivity contribution in [3.8, 4) is 0 Å². The topological polar surface area (TPSA) is 23.6 Å². The average Bonchev–Trinajstić information content (AvgIpc) is 2.48. The maximum atomic E-state index is 12.7. The van der Waals surface area contributed by atoms with Crippen molar-refractivity contribution in [2.24, 2.45) is 0 Å². The minimum Gasteiger partial charge on any atom is -0.338 e. The molecule has 116 valence electrons. The van der Waals surface area contributed by atoms with Gasteiger partial charge in [0.25, 0.3) is 0 Å². The molecule has 3 nitrogen and oxygen atoms in total. The van der Waals surface area contributed by atoms with Crippen LogP contribution in [-0.4, -0.2) is 48.4 Å². The molecule has 1 heterocycles. The number of hydrogen-bond donors (Lipinski definition) is 0. The Morgan fingerprint density at radius 2 is 2.00 bits per heavy atom. The molecule has 1 aromatic rings. The van der Waals surface area contributed by atoms with Crippen LogP contribution < -0.4 is 0 Å². The third-order valence-electron chi connectivity index (χ3n) is 4.51. The van der Waals surface area contributed by atoms with E-state index in [4.69, 9.17) is 0 Å². The summed E-state index contributed by atoms with van der Waals surface area (Å²) in [6, 6.07) is 8.79. The first-order chi connectivity index (χ1) is 9.99. The third-order valence-corrected chi connectivity index (χ3v) is 5.04. The number of piperidine rings is 1. The zero-order valence-electron chi connectivity index (χ0n) is 13.2. The number of carbonyl (C=O) groups excluding carboxylic acids is 1. The summed E-state index contributed by atoms with van der Waals surface area (Å²) in [5, 5.41) is 0. The standard InChI is InChI=1S/C17H25BrN2O/c1-13(19(2)3)16-6-4-5-11-20(16)17(21)12-14-7-9-15(18)10-8-14/h7-10,13,16H,4-6,11-12H2,1-3H3. The smallest absolute Gasteiger partial charge is 0.227 e. The Labute approximate surface area is 136 Å². The maximum absolute atomic E-state index is 12.7. The van der Waals surface area contributed by atoms with Crippen LogP contribution in [0.1, 0.15) is 31.7 Å². The molecule has 0 N–H and O–H groups in total. The molecule has 1 fully saturated rings. The number of amides is 1. The molecule has 0 aliphatic carbocycles. The molecule has 1 aliphatic rings. The van der Waals surface area contributed by atoms with Gasteiger partial charge < -0.3 is 9.80 Å². The summed E-state index contributed by atoms with van der Waals surface area (Å²) >= 11 is 3.43. The first-order valence-corrected chi connectivity index (χ1v) is 8.48. The van der Waals surface area contributed by atoms with E-state index >= 15 is 0 Å². The van der Waals surface area contributed by atoms with Gasteiger partial charge in [-0.1, -0.05) is 28.1 Å². The average molecular weight is 353 g/mol. The van der Waals surface area contributed by atoms with Crippen molar-refractivity contribution >= 4 is 21.8 Å². The summed E-state index contributed by atoms with van der Waals surface area (Å²) < 4.78 is 1.05. The fraction of sp³-hybridized carbons (Fsp3) is 0.588. The van der Waals surface area contributed by atoms with E-state index in [1.807, 2.05) is 24.3 Å². The summed E-state index contributed by atoms with van der Waals surface area (Å²) in [7, 11) is 4.19. The van der Waals surface area contributed by atoms with Crippen molar-refractivity contribution in [2.75, 3.05) is 20.6 Å². The first-order valence-electron chi connectivity index (χ1n) is 7.69. The molecular formula is C17H25BrN2O. The zero-order chi connectivity index (χ0) is 15.4. The minimum absolute atomic E-state index is 0.260. The lowest BCUT2D eigenvalue weighted by Crippen LogP contribution is -2.53. The van der Waals surface area contributed by atoms with Crippen molar-refractivity contribution in [3.63, 3.8) is 0 Å². The van der Waals surface area contributed by atoms with Gasteiger partial charge in [-0.2, -0.15) is 0 Å². The van der Waals surface area contributed by atoms with Crippen molar-refractivity contribution in [1.82, 2.24) is 9.80 Å². The molecule has 2 rings (SSSR count). The molecular weight excluding hydrogens is 328 g/mol. The lowest BCUT2D eigenvalue weighted by atomic mass is 9.95. The highest BCUT2D eigenvalue weighted by Crippen LogP contribution is 2.23. The summed E-state index contributed by atoms with van der Waals surface area (Å²) in [4.78, 5) is 17.0. The van der Waals surface area contributed by atoms with E-state index in [1.165, 1.54) is 6.42 Å². The number of carbonyl (C=O) groups is 1. The zero-order valence-corrected chi connectivity index (χ0v) is 14.8. The lowest BCUT2D eigenvalue weighted by Gasteiger charge is -2.41. The Bertz CT molecular complexity index is 472. The van der Waals surface area contributed by atoms with E-state index in [2.05, 4.69) is 46.7 Å². The van der Waals surface area contributed by atoms with E-state index in [-0.39, 0.29) is 5.91 Å². The molecule has 2 unspecified atom stereocenters. The number of rotatable bonds is 4. The maximum Gasteiger partial charge on any atom is 0.227 e. The van der Waals surface area contributed by atoms with E-state index in [0.29, 0.717) is 18.5 Å². The van der Waals surface area contributed by atoms with Gasteiger partial charge >= 0.3 is 0 Å². The van der Waals surface area contributed by atoms with Gasteiger partial charge in [0.05, 0.1) is 6.42 Å². The van der Waals surface area contributed by atoms with Crippen molar-refractivity contribution < 1.29 is 4.79 Å². The Morgan fingerprint density at radius 3 is 2.62 bits per heavy atom. The molecule has 4 heteroatoms. The Morgan fingerprint density at radius 1 is 1.33 bits per heavy atom. The normalized spacial score (nSPS) is 20.6. The molecule has 0 radical (unpaired) electrons. The highest BCUT2D eigenvalue weighted by molar-refractivity contribution is 9.10. The molecule has 1 aromatic carbocycles. The number of halogens is 1. The molecule has 21 heavy (non-hydrogen) atoms. The molecule has 1 saturated heterocycles. The quantitative estimate of drug-likeness (QED) is 0.829. The van der Waals surface area contributed by atoms with Crippen LogP contribution in [0.4, 0.5) is 0 Å². The van der Waals surface area contributed by atoms with Crippen LogP contribution >= 0.6 is 15.9 Å².